The maximum absolute atomic E-state index is 15.1. The molecule has 9 nitrogen and oxygen atoms in total. The number of hydrogen-bond donors (Lipinski definition) is 2. The topological polar surface area (TPSA) is 110 Å². The number of hydrogen-bond acceptors (Lipinski definition) is 6. The molecule has 2 aromatic carbocycles. The van der Waals surface area contributed by atoms with E-state index in [1.807, 2.05) is 32.9 Å². The molecule has 0 radical (unpaired) electrons. The second-order valence-corrected chi connectivity index (χ2v) is 12.8. The van der Waals surface area contributed by atoms with Gasteiger partial charge in [-0.3, -0.25) is 14.8 Å². The van der Waals surface area contributed by atoms with Crippen LogP contribution in [-0.4, -0.2) is 51.1 Å². The van der Waals surface area contributed by atoms with Crippen LogP contribution in [0.25, 0.3) is 0 Å². The quantitative estimate of drug-likeness (QED) is 0.243. The van der Waals surface area contributed by atoms with Gasteiger partial charge in [0.2, 0.25) is 0 Å². The number of carbonyl (C=O) groups excluding carboxylic acids is 2. The molecule has 0 saturated carbocycles. The number of nitrogens with zero attached hydrogens (tertiary/aromatic N) is 2. The van der Waals surface area contributed by atoms with Crippen LogP contribution < -0.4 is 14.8 Å². The highest BCUT2D eigenvalue weighted by Gasteiger charge is 2.33. The number of aromatic nitrogens is 1. The highest BCUT2D eigenvalue weighted by Crippen LogP contribution is 2.36. The molecule has 3 aromatic rings. The molecule has 1 aromatic heterocycles. The molecular weight excluding hydrogens is 640 g/mol. The van der Waals surface area contributed by atoms with Crippen molar-refractivity contribution in [1.82, 2.24) is 9.88 Å². The Morgan fingerprint density at radius 2 is 1.62 bits per heavy atom. The molecule has 14 heteroatoms. The van der Waals surface area contributed by atoms with E-state index in [0.29, 0.717) is 28.9 Å². The first kappa shape index (κ1) is 37.3. The van der Waals surface area contributed by atoms with Crippen molar-refractivity contribution in [3.63, 3.8) is 0 Å². The van der Waals surface area contributed by atoms with Crippen LogP contribution >= 0.6 is 0 Å². The zero-order valence-corrected chi connectivity index (χ0v) is 28.2. The Labute approximate surface area is 274 Å². The maximum atomic E-state index is 15.1. The van der Waals surface area contributed by atoms with Gasteiger partial charge in [-0.15, -0.1) is 13.2 Å². The number of piperidine rings is 1. The highest BCUT2D eigenvalue weighted by molar-refractivity contribution is 7.86. The van der Waals surface area contributed by atoms with Crippen molar-refractivity contribution < 1.29 is 40.8 Å². The van der Waals surface area contributed by atoms with Gasteiger partial charge in [-0.2, -0.15) is 0 Å². The van der Waals surface area contributed by atoms with Gasteiger partial charge in [0.15, 0.2) is 11.0 Å². The molecule has 1 atom stereocenters. The molecular formula is C33H40F4N4O5S. The number of halogens is 4. The van der Waals surface area contributed by atoms with E-state index < -0.39 is 46.5 Å². The number of aryl methyl sites for hydroxylation is 1. The summed E-state index contributed by atoms with van der Waals surface area (Å²) in [6.45, 7) is 12.9. The van der Waals surface area contributed by atoms with E-state index >= 15 is 4.39 Å². The van der Waals surface area contributed by atoms with Gasteiger partial charge in [0.25, 0.3) is 5.91 Å². The predicted octanol–water partition coefficient (Wildman–Crippen LogP) is 8.26. The molecule has 2 N–H and O–H groups in total. The number of amides is 2. The lowest BCUT2D eigenvalue weighted by atomic mass is 9.86. The molecule has 1 fully saturated rings. The molecule has 47 heavy (non-hydrogen) atoms. The fourth-order valence-electron chi connectivity index (χ4n) is 4.97. The zero-order valence-electron chi connectivity index (χ0n) is 27.4. The molecule has 1 aliphatic heterocycles. The fraction of sp³-hybridized carbons (Fsp3) is 0.424. The number of benzene rings is 2. The van der Waals surface area contributed by atoms with Gasteiger partial charge in [0, 0.05) is 19.2 Å². The van der Waals surface area contributed by atoms with Gasteiger partial charge >= 0.3 is 12.5 Å². The summed E-state index contributed by atoms with van der Waals surface area (Å²) in [5.41, 5.74) is 0.742. The van der Waals surface area contributed by atoms with Crippen LogP contribution in [0.2, 0.25) is 0 Å². The Balaban J connectivity index is 0.00000294. The largest absolute Gasteiger partial charge is 0.573 e. The molecule has 4 rings (SSSR count). The standard InChI is InChI=1S/C31H34F4N4O5S.C2H6/c1-18-6-9-22(10-7-18)45(42)38-27-19(2)26(24(32)17-36-27)20-12-14-39(15-13-20)28(40)23-11-8-21(43-31(33,34)35)16-25(23)37-29(41)44-30(3,4)5;1-2/h6-11,16-17,20H,12-15H2,1-5H3,(H,36,38)(H,37,41);1-2H3. The lowest BCUT2D eigenvalue weighted by molar-refractivity contribution is -0.274. The smallest absolute Gasteiger partial charge is 0.444 e. The third kappa shape index (κ3) is 10.4. The third-order valence-corrected chi connectivity index (χ3v) is 8.11. The van der Waals surface area contributed by atoms with E-state index in [-0.39, 0.29) is 36.1 Å². The van der Waals surface area contributed by atoms with Crippen LogP contribution in [0.3, 0.4) is 0 Å². The Morgan fingerprint density at radius 1 is 1.00 bits per heavy atom. The minimum Gasteiger partial charge on any atom is -0.444 e. The molecule has 256 valence electrons. The molecule has 1 unspecified atom stereocenters. The average molecular weight is 681 g/mol. The molecule has 2 heterocycles. The molecule has 1 aliphatic rings. The maximum Gasteiger partial charge on any atom is 0.573 e. The Hall–Kier alpha value is -4.20. The first-order valence-electron chi connectivity index (χ1n) is 15.1. The lowest BCUT2D eigenvalue weighted by Gasteiger charge is -2.33. The van der Waals surface area contributed by atoms with Gasteiger partial charge in [-0.1, -0.05) is 31.5 Å². The Morgan fingerprint density at radius 3 is 2.19 bits per heavy atom. The number of pyridine rings is 1. The van der Waals surface area contributed by atoms with E-state index in [2.05, 4.69) is 19.8 Å². The highest BCUT2D eigenvalue weighted by atomic mass is 32.2. The first-order valence-corrected chi connectivity index (χ1v) is 16.2. The third-order valence-electron chi connectivity index (χ3n) is 7.03. The molecule has 0 spiro atoms. The first-order chi connectivity index (χ1) is 22.0. The van der Waals surface area contributed by atoms with Gasteiger partial charge in [0.1, 0.15) is 23.0 Å². The van der Waals surface area contributed by atoms with E-state index in [1.54, 1.807) is 39.8 Å². The van der Waals surface area contributed by atoms with E-state index in [0.717, 1.165) is 30.0 Å². The summed E-state index contributed by atoms with van der Waals surface area (Å²) in [7, 11) is -1.62. The summed E-state index contributed by atoms with van der Waals surface area (Å²) < 4.78 is 78.6. The summed E-state index contributed by atoms with van der Waals surface area (Å²) in [6.07, 6.45) is -4.12. The summed E-state index contributed by atoms with van der Waals surface area (Å²) >= 11 is 0. The molecule has 0 bridgehead atoms. The van der Waals surface area contributed by atoms with Crippen LogP contribution in [0, 0.1) is 19.7 Å². The van der Waals surface area contributed by atoms with Gasteiger partial charge < -0.3 is 14.4 Å². The van der Waals surface area contributed by atoms with Crippen molar-refractivity contribution in [1.29, 1.82) is 0 Å². The van der Waals surface area contributed by atoms with E-state index in [1.165, 1.54) is 4.90 Å². The number of likely N-dealkylation sites (tertiary alicyclic amines) is 1. The number of rotatable bonds is 7. The van der Waals surface area contributed by atoms with Gasteiger partial charge in [-0.05, 0) is 88.8 Å². The minimum absolute atomic E-state index is 0.0647. The van der Waals surface area contributed by atoms with Crippen LogP contribution in [0.4, 0.5) is 33.9 Å². The summed E-state index contributed by atoms with van der Waals surface area (Å²) in [5.74, 6) is -1.69. The van der Waals surface area contributed by atoms with Crippen LogP contribution in [0.5, 0.6) is 5.75 Å². The normalized spacial score (nSPS) is 14.4. The summed E-state index contributed by atoms with van der Waals surface area (Å²) in [6, 6.07) is 10.2. The Bertz CT molecular complexity index is 1590. The number of anilines is 2. The van der Waals surface area contributed by atoms with Gasteiger partial charge in [-0.25, -0.2) is 18.4 Å². The second-order valence-electron chi connectivity index (χ2n) is 11.6. The van der Waals surface area contributed by atoms with Crippen molar-refractivity contribution in [3.8, 4) is 5.75 Å². The summed E-state index contributed by atoms with van der Waals surface area (Å²) in [4.78, 5) is 32.1. The second kappa shape index (κ2) is 15.6. The lowest BCUT2D eigenvalue weighted by Crippen LogP contribution is -2.38. The average Bonchev–Trinajstić information content (AvgIpc) is 2.98. The van der Waals surface area contributed by atoms with Crippen LogP contribution in [0.15, 0.2) is 53.6 Å². The van der Waals surface area contributed by atoms with E-state index in [9.17, 15) is 27.0 Å². The monoisotopic (exact) mass is 680 g/mol. The number of nitrogens with one attached hydrogen (secondary N) is 2. The van der Waals surface area contributed by atoms with Crippen LogP contribution in [-0.2, 0) is 15.7 Å². The van der Waals surface area contributed by atoms with Crippen molar-refractivity contribution in [3.05, 3.63) is 76.7 Å². The SMILES string of the molecule is CC.Cc1ccc(S(=O)Nc2ncc(F)c(C3CCN(C(=O)c4ccc(OC(F)(F)F)cc4NC(=O)OC(C)(C)C)CC3)c2C)cc1. The number of carbonyl (C=O) groups is 2. The number of ether oxygens (including phenoxy) is 2. The van der Waals surface area contributed by atoms with Gasteiger partial charge in [0.05, 0.1) is 22.3 Å². The predicted molar refractivity (Wildman–Crippen MR) is 172 cm³/mol. The molecule has 2 amide bonds. The van der Waals surface area contributed by atoms with Crippen molar-refractivity contribution in [2.24, 2.45) is 0 Å². The zero-order chi connectivity index (χ0) is 35.1. The molecule has 0 aliphatic carbocycles. The number of alkyl halides is 3. The van der Waals surface area contributed by atoms with E-state index in [4.69, 9.17) is 4.74 Å². The summed E-state index contributed by atoms with van der Waals surface area (Å²) in [5, 5.41) is 2.35. The van der Waals surface area contributed by atoms with Crippen LogP contribution in [0.1, 0.15) is 80.4 Å². The Kier molecular flexibility index (Phi) is 12.4. The minimum atomic E-state index is -4.98. The molecule has 1 saturated heterocycles. The van der Waals surface area contributed by atoms with Crippen molar-refractivity contribution in [2.45, 2.75) is 84.1 Å². The van der Waals surface area contributed by atoms with Crippen molar-refractivity contribution >= 4 is 34.5 Å². The fourth-order valence-corrected chi connectivity index (χ4v) is 5.86. The van der Waals surface area contributed by atoms with Crippen molar-refractivity contribution in [2.75, 3.05) is 23.1 Å².